The summed E-state index contributed by atoms with van der Waals surface area (Å²) < 4.78 is 43.0. The van der Waals surface area contributed by atoms with Gasteiger partial charge in [0.25, 0.3) is 0 Å². The highest BCUT2D eigenvalue weighted by molar-refractivity contribution is 5.85. The van der Waals surface area contributed by atoms with E-state index in [9.17, 15) is 18.0 Å². The lowest BCUT2D eigenvalue weighted by Gasteiger charge is -2.09. The summed E-state index contributed by atoms with van der Waals surface area (Å²) in [6.45, 7) is 0.147. The fourth-order valence-electron chi connectivity index (χ4n) is 1.76. The molecule has 116 valence electrons. The van der Waals surface area contributed by atoms with Crippen LogP contribution in [-0.2, 0) is 24.1 Å². The summed E-state index contributed by atoms with van der Waals surface area (Å²) >= 11 is 0. The number of carboxylic acid groups (broad SMARTS) is 1. The molecule has 0 fully saturated rings. The van der Waals surface area contributed by atoms with Crippen LogP contribution in [0, 0.1) is 0 Å². The molecule has 4 nitrogen and oxygen atoms in total. The molecule has 0 saturated heterocycles. The van der Waals surface area contributed by atoms with Gasteiger partial charge in [-0.2, -0.15) is 13.2 Å². The third kappa shape index (κ3) is 4.29. The highest BCUT2D eigenvalue weighted by Gasteiger charge is 2.30. The molecular formula is C15H12F3NO3. The average molecular weight is 311 g/mol. The number of hydrogen-bond acceptors (Lipinski definition) is 3. The van der Waals surface area contributed by atoms with Crippen LogP contribution >= 0.6 is 0 Å². The van der Waals surface area contributed by atoms with Crippen LogP contribution in [0.3, 0.4) is 0 Å². The first-order chi connectivity index (χ1) is 10.4. The van der Waals surface area contributed by atoms with Gasteiger partial charge >= 0.3 is 12.1 Å². The van der Waals surface area contributed by atoms with E-state index in [1.165, 1.54) is 18.3 Å². The zero-order chi connectivity index (χ0) is 16.2. The van der Waals surface area contributed by atoms with E-state index in [4.69, 9.17) is 9.84 Å². The number of aromatic carboxylic acids is 1. The summed E-state index contributed by atoms with van der Waals surface area (Å²) in [5.74, 6) is -1.13. The Morgan fingerprint density at radius 1 is 1.14 bits per heavy atom. The summed E-state index contributed by atoms with van der Waals surface area (Å²) in [6.07, 6.45) is -3.03. The lowest BCUT2D eigenvalue weighted by Crippen LogP contribution is -2.05. The fraction of sp³-hybridized carbons (Fsp3) is 0.200. The van der Waals surface area contributed by atoms with Gasteiger partial charge in [-0.3, -0.25) is 0 Å². The van der Waals surface area contributed by atoms with Crippen LogP contribution in [0.1, 0.15) is 27.2 Å². The Hall–Kier alpha value is -2.41. The normalized spacial score (nSPS) is 11.4. The molecule has 0 atom stereocenters. The van der Waals surface area contributed by atoms with Gasteiger partial charge in [0, 0.05) is 6.20 Å². The van der Waals surface area contributed by atoms with E-state index in [1.54, 1.807) is 12.1 Å². The summed E-state index contributed by atoms with van der Waals surface area (Å²) in [5, 5.41) is 8.71. The van der Waals surface area contributed by atoms with Crippen LogP contribution < -0.4 is 0 Å². The minimum atomic E-state index is -4.38. The Balaban J connectivity index is 1.92. The predicted molar refractivity (Wildman–Crippen MR) is 71.1 cm³/mol. The number of ether oxygens (including phenoxy) is 1. The van der Waals surface area contributed by atoms with Crippen molar-refractivity contribution in [1.29, 1.82) is 0 Å². The molecule has 2 aromatic rings. The van der Waals surface area contributed by atoms with E-state index >= 15 is 0 Å². The van der Waals surface area contributed by atoms with E-state index in [0.717, 1.165) is 12.1 Å². The van der Waals surface area contributed by atoms with Gasteiger partial charge in [-0.25, -0.2) is 9.78 Å². The van der Waals surface area contributed by atoms with Gasteiger partial charge in [-0.1, -0.05) is 18.2 Å². The summed E-state index contributed by atoms with van der Waals surface area (Å²) in [5.41, 5.74) is 0.240. The topological polar surface area (TPSA) is 59.4 Å². The highest BCUT2D eigenvalue weighted by Crippen LogP contribution is 2.29. The molecule has 1 aromatic heterocycles. The monoisotopic (exact) mass is 311 g/mol. The van der Waals surface area contributed by atoms with E-state index in [-0.39, 0.29) is 18.9 Å². The number of pyridine rings is 1. The molecule has 2 rings (SSSR count). The molecule has 1 heterocycles. The van der Waals surface area contributed by atoms with E-state index < -0.39 is 17.7 Å². The number of carbonyl (C=O) groups is 1. The molecule has 22 heavy (non-hydrogen) atoms. The zero-order valence-electron chi connectivity index (χ0n) is 11.3. The highest BCUT2D eigenvalue weighted by atomic mass is 19.4. The molecule has 7 heteroatoms. The number of halogens is 3. The largest absolute Gasteiger partial charge is 0.477 e. The first-order valence-electron chi connectivity index (χ1n) is 6.28. The number of nitrogens with zero attached hydrogens (tertiary/aromatic N) is 1. The lowest BCUT2D eigenvalue weighted by molar-refractivity contribution is -0.137. The van der Waals surface area contributed by atoms with Crippen molar-refractivity contribution in [2.24, 2.45) is 0 Å². The first-order valence-corrected chi connectivity index (χ1v) is 6.28. The standard InChI is InChI=1S/C15H12F3NO3/c16-15(17,18)12-3-1-2-10(6-12)8-22-9-11-4-5-13(14(20)21)19-7-11/h1-7H,8-9H2,(H,20,21). The zero-order valence-corrected chi connectivity index (χ0v) is 11.3. The SMILES string of the molecule is O=C(O)c1ccc(COCc2cccc(C(F)(F)F)c2)cn1. The van der Waals surface area contributed by atoms with Gasteiger partial charge < -0.3 is 9.84 Å². The van der Waals surface area contributed by atoms with Gasteiger partial charge in [0.05, 0.1) is 18.8 Å². The molecule has 1 aromatic carbocycles. The van der Waals surface area contributed by atoms with Crippen molar-refractivity contribution >= 4 is 5.97 Å². The molecule has 0 bridgehead atoms. The Kier molecular flexibility index (Phi) is 4.77. The maximum absolute atomic E-state index is 12.6. The van der Waals surface area contributed by atoms with Gasteiger partial charge in [0.1, 0.15) is 5.69 Å². The Bertz CT molecular complexity index is 654. The third-order valence-corrected chi connectivity index (χ3v) is 2.84. The van der Waals surface area contributed by atoms with Crippen molar-refractivity contribution in [3.8, 4) is 0 Å². The molecule has 0 unspecified atom stereocenters. The number of carboxylic acids is 1. The molecular weight excluding hydrogens is 299 g/mol. The van der Waals surface area contributed by atoms with Crippen LogP contribution in [0.5, 0.6) is 0 Å². The maximum Gasteiger partial charge on any atom is 0.416 e. The number of alkyl halides is 3. The predicted octanol–water partition coefficient (Wildman–Crippen LogP) is 3.52. The summed E-state index contributed by atoms with van der Waals surface area (Å²) in [6, 6.07) is 7.78. The Morgan fingerprint density at radius 3 is 2.45 bits per heavy atom. The first kappa shape index (κ1) is 16.0. The second kappa shape index (κ2) is 6.57. The maximum atomic E-state index is 12.6. The number of aromatic nitrogens is 1. The van der Waals surface area contributed by atoms with E-state index in [1.807, 2.05) is 0 Å². The number of rotatable bonds is 5. The van der Waals surface area contributed by atoms with Crippen molar-refractivity contribution in [1.82, 2.24) is 4.98 Å². The van der Waals surface area contributed by atoms with Crippen LogP contribution in [0.15, 0.2) is 42.6 Å². The van der Waals surface area contributed by atoms with Gasteiger partial charge in [0.2, 0.25) is 0 Å². The molecule has 0 saturated carbocycles. The molecule has 0 radical (unpaired) electrons. The Labute approximate surface area is 124 Å². The van der Waals surface area contributed by atoms with Crippen LogP contribution in [0.25, 0.3) is 0 Å². The van der Waals surface area contributed by atoms with Gasteiger partial charge in [0.15, 0.2) is 0 Å². The quantitative estimate of drug-likeness (QED) is 0.918. The fourth-order valence-corrected chi connectivity index (χ4v) is 1.76. The summed E-state index contributed by atoms with van der Waals surface area (Å²) in [7, 11) is 0. The molecule has 0 aliphatic carbocycles. The van der Waals surface area contributed by atoms with Crippen LogP contribution in [-0.4, -0.2) is 16.1 Å². The second-order valence-electron chi connectivity index (χ2n) is 4.55. The summed E-state index contributed by atoms with van der Waals surface area (Å²) in [4.78, 5) is 14.4. The average Bonchev–Trinajstić information content (AvgIpc) is 2.47. The van der Waals surface area contributed by atoms with Gasteiger partial charge in [-0.05, 0) is 29.3 Å². The van der Waals surface area contributed by atoms with E-state index in [0.29, 0.717) is 11.1 Å². The molecule has 0 spiro atoms. The van der Waals surface area contributed by atoms with Crippen molar-refractivity contribution in [3.05, 3.63) is 65.0 Å². The van der Waals surface area contributed by atoms with Crippen LogP contribution in [0.2, 0.25) is 0 Å². The van der Waals surface area contributed by atoms with Crippen molar-refractivity contribution in [2.45, 2.75) is 19.4 Å². The third-order valence-electron chi connectivity index (χ3n) is 2.84. The molecule has 1 N–H and O–H groups in total. The van der Waals surface area contributed by atoms with Crippen LogP contribution in [0.4, 0.5) is 13.2 Å². The molecule has 0 amide bonds. The Morgan fingerprint density at radius 2 is 1.86 bits per heavy atom. The number of benzene rings is 1. The van der Waals surface area contributed by atoms with Crippen molar-refractivity contribution in [2.75, 3.05) is 0 Å². The second-order valence-corrected chi connectivity index (χ2v) is 4.55. The van der Waals surface area contributed by atoms with Crippen molar-refractivity contribution < 1.29 is 27.8 Å². The minimum absolute atomic E-state index is 0.0185. The smallest absolute Gasteiger partial charge is 0.416 e. The molecule has 0 aliphatic heterocycles. The van der Waals surface area contributed by atoms with E-state index in [2.05, 4.69) is 4.98 Å². The lowest BCUT2D eigenvalue weighted by atomic mass is 10.1. The minimum Gasteiger partial charge on any atom is -0.477 e. The molecule has 0 aliphatic rings. The van der Waals surface area contributed by atoms with Crippen molar-refractivity contribution in [3.63, 3.8) is 0 Å². The van der Waals surface area contributed by atoms with Gasteiger partial charge in [-0.15, -0.1) is 0 Å². The number of hydrogen-bond donors (Lipinski definition) is 1.